The number of nitrogens with one attached hydrogen (secondary N) is 1. The van der Waals surface area contributed by atoms with Crippen LogP contribution in [0.2, 0.25) is 5.02 Å². The van der Waals surface area contributed by atoms with Gasteiger partial charge >= 0.3 is 0 Å². The summed E-state index contributed by atoms with van der Waals surface area (Å²) in [6, 6.07) is 5.49. The fraction of sp³-hybridized carbons (Fsp3) is 0.364. The minimum absolute atomic E-state index is 0. The van der Waals surface area contributed by atoms with E-state index in [4.69, 9.17) is 17.3 Å². The predicted molar refractivity (Wildman–Crippen MR) is 77.4 cm³/mol. The van der Waals surface area contributed by atoms with E-state index in [-0.39, 0.29) is 18.3 Å². The lowest BCUT2D eigenvalue weighted by molar-refractivity contribution is -0.116. The highest BCUT2D eigenvalue weighted by molar-refractivity contribution is 7.99. The molecule has 96 valence electrons. The maximum Gasteiger partial charge on any atom is 0.225 e. The zero-order chi connectivity index (χ0) is 12.0. The predicted octanol–water partition coefficient (Wildman–Crippen LogP) is 3.16. The number of amides is 1. The fourth-order valence-corrected chi connectivity index (χ4v) is 2.14. The van der Waals surface area contributed by atoms with Crippen molar-refractivity contribution < 1.29 is 4.79 Å². The number of nitrogens with two attached hydrogens (primary N) is 1. The minimum atomic E-state index is -0.0808. The van der Waals surface area contributed by atoms with Gasteiger partial charge in [-0.15, -0.1) is 24.2 Å². The number of carbonyl (C=O) groups is 1. The van der Waals surface area contributed by atoms with Crippen LogP contribution in [0.25, 0.3) is 0 Å². The minimum Gasteiger partial charge on any atom is -0.330 e. The first-order valence-electron chi connectivity index (χ1n) is 5.09. The van der Waals surface area contributed by atoms with Gasteiger partial charge in [0, 0.05) is 22.9 Å². The van der Waals surface area contributed by atoms with Crippen molar-refractivity contribution in [2.45, 2.75) is 18.2 Å². The first-order chi connectivity index (χ1) is 7.67. The first-order valence-corrected chi connectivity index (χ1v) is 6.46. The van der Waals surface area contributed by atoms with Gasteiger partial charge in [-0.1, -0.05) is 18.5 Å². The number of anilines is 1. The molecule has 17 heavy (non-hydrogen) atoms. The number of hydrogen-bond acceptors (Lipinski definition) is 3. The summed E-state index contributed by atoms with van der Waals surface area (Å²) in [7, 11) is 0. The van der Waals surface area contributed by atoms with Gasteiger partial charge in [0.2, 0.25) is 5.91 Å². The van der Waals surface area contributed by atoms with E-state index in [9.17, 15) is 4.79 Å². The Hall–Kier alpha value is -0.420. The number of hydrogen-bond donors (Lipinski definition) is 2. The summed E-state index contributed by atoms with van der Waals surface area (Å²) < 4.78 is 0. The Bertz CT molecular complexity index is 374. The Morgan fingerprint density at radius 2 is 2.24 bits per heavy atom. The maximum absolute atomic E-state index is 11.4. The second-order valence-electron chi connectivity index (χ2n) is 3.16. The summed E-state index contributed by atoms with van der Waals surface area (Å²) in [4.78, 5) is 12.5. The molecule has 1 aromatic carbocycles. The van der Waals surface area contributed by atoms with E-state index in [0.29, 0.717) is 18.0 Å². The molecule has 0 saturated heterocycles. The van der Waals surface area contributed by atoms with Gasteiger partial charge in [-0.25, -0.2) is 0 Å². The highest BCUT2D eigenvalue weighted by atomic mass is 35.5. The van der Waals surface area contributed by atoms with Gasteiger partial charge in [-0.05, 0) is 24.0 Å². The van der Waals surface area contributed by atoms with Crippen molar-refractivity contribution in [1.29, 1.82) is 0 Å². The van der Waals surface area contributed by atoms with Crippen LogP contribution in [0.4, 0.5) is 5.69 Å². The molecule has 0 aromatic heterocycles. The van der Waals surface area contributed by atoms with Crippen molar-refractivity contribution in [2.24, 2.45) is 5.73 Å². The summed E-state index contributed by atoms with van der Waals surface area (Å²) in [5.41, 5.74) is 6.08. The average molecular weight is 295 g/mol. The normalized spacial score (nSPS) is 9.59. The Balaban J connectivity index is 0.00000256. The average Bonchev–Trinajstić information content (AvgIpc) is 2.22. The maximum atomic E-state index is 11.4. The molecule has 0 saturated carbocycles. The monoisotopic (exact) mass is 294 g/mol. The highest BCUT2D eigenvalue weighted by Gasteiger charge is 2.07. The largest absolute Gasteiger partial charge is 0.330 e. The quantitative estimate of drug-likeness (QED) is 0.820. The highest BCUT2D eigenvalue weighted by Crippen LogP contribution is 2.29. The summed E-state index contributed by atoms with van der Waals surface area (Å²) in [5, 5.41) is 3.43. The van der Waals surface area contributed by atoms with E-state index in [2.05, 4.69) is 12.2 Å². The molecule has 1 amide bonds. The van der Waals surface area contributed by atoms with Gasteiger partial charge in [0.05, 0.1) is 5.69 Å². The van der Waals surface area contributed by atoms with Crippen molar-refractivity contribution in [1.82, 2.24) is 0 Å². The van der Waals surface area contributed by atoms with Gasteiger partial charge < -0.3 is 11.1 Å². The molecule has 0 unspecified atom stereocenters. The SMILES string of the molecule is CCSc1ccc(Cl)cc1NC(=O)CCN.Cl. The smallest absolute Gasteiger partial charge is 0.225 e. The number of halogens is 2. The molecule has 0 atom stereocenters. The zero-order valence-corrected chi connectivity index (χ0v) is 11.9. The Morgan fingerprint density at radius 3 is 2.82 bits per heavy atom. The lowest BCUT2D eigenvalue weighted by Gasteiger charge is -2.10. The van der Waals surface area contributed by atoms with Gasteiger partial charge in [-0.3, -0.25) is 4.79 Å². The Morgan fingerprint density at radius 1 is 1.53 bits per heavy atom. The van der Waals surface area contributed by atoms with E-state index < -0.39 is 0 Å². The van der Waals surface area contributed by atoms with Gasteiger partial charge in [0.15, 0.2) is 0 Å². The van der Waals surface area contributed by atoms with E-state index >= 15 is 0 Å². The van der Waals surface area contributed by atoms with E-state index in [1.807, 2.05) is 12.1 Å². The van der Waals surface area contributed by atoms with E-state index in [1.165, 1.54) is 0 Å². The number of benzene rings is 1. The third-order valence-corrected chi connectivity index (χ3v) is 3.08. The van der Waals surface area contributed by atoms with Crippen LogP contribution in [-0.2, 0) is 4.79 Å². The molecule has 0 fully saturated rings. The molecule has 0 aliphatic heterocycles. The molecule has 0 heterocycles. The van der Waals surface area contributed by atoms with Gasteiger partial charge in [0.25, 0.3) is 0 Å². The lowest BCUT2D eigenvalue weighted by atomic mass is 10.3. The van der Waals surface area contributed by atoms with Crippen LogP contribution in [0.5, 0.6) is 0 Å². The Kier molecular flexibility index (Phi) is 8.43. The molecule has 0 aliphatic carbocycles. The molecular weight excluding hydrogens is 279 g/mol. The van der Waals surface area contributed by atoms with Crippen molar-refractivity contribution in [3.05, 3.63) is 23.2 Å². The van der Waals surface area contributed by atoms with Crippen LogP contribution >= 0.6 is 35.8 Å². The number of thioether (sulfide) groups is 1. The van der Waals surface area contributed by atoms with Crippen LogP contribution in [0.1, 0.15) is 13.3 Å². The second kappa shape index (κ2) is 8.64. The molecule has 6 heteroatoms. The second-order valence-corrected chi connectivity index (χ2v) is 4.90. The zero-order valence-electron chi connectivity index (χ0n) is 9.53. The molecular formula is C11H16Cl2N2OS. The number of carbonyl (C=O) groups excluding carboxylic acids is 1. The standard InChI is InChI=1S/C11H15ClN2OS.ClH/c1-2-16-10-4-3-8(12)7-9(10)14-11(15)5-6-13;/h3-4,7H,2,5-6,13H2,1H3,(H,14,15);1H. The summed E-state index contributed by atoms with van der Waals surface area (Å²) in [6.07, 6.45) is 0.322. The molecule has 1 aromatic rings. The van der Waals surface area contributed by atoms with Crippen LogP contribution in [-0.4, -0.2) is 18.2 Å². The summed E-state index contributed by atoms with van der Waals surface area (Å²) in [6.45, 7) is 2.41. The summed E-state index contributed by atoms with van der Waals surface area (Å²) in [5.74, 6) is 0.865. The molecule has 0 radical (unpaired) electrons. The van der Waals surface area contributed by atoms with Crippen LogP contribution < -0.4 is 11.1 Å². The molecule has 3 nitrogen and oxygen atoms in total. The summed E-state index contributed by atoms with van der Waals surface area (Å²) >= 11 is 7.56. The third kappa shape index (κ3) is 5.64. The topological polar surface area (TPSA) is 55.1 Å². The fourth-order valence-electron chi connectivity index (χ4n) is 1.23. The van der Waals surface area contributed by atoms with Crippen LogP contribution in [0.15, 0.2) is 23.1 Å². The molecule has 0 aliphatic rings. The molecule has 0 spiro atoms. The molecule has 0 bridgehead atoms. The van der Waals surface area contributed by atoms with Crippen LogP contribution in [0, 0.1) is 0 Å². The number of rotatable bonds is 5. The molecule has 3 N–H and O–H groups in total. The van der Waals surface area contributed by atoms with Crippen molar-refractivity contribution in [3.8, 4) is 0 Å². The van der Waals surface area contributed by atoms with Gasteiger partial charge in [0.1, 0.15) is 0 Å². The third-order valence-electron chi connectivity index (χ3n) is 1.89. The van der Waals surface area contributed by atoms with Crippen molar-refractivity contribution in [2.75, 3.05) is 17.6 Å². The molecule has 1 rings (SSSR count). The van der Waals surface area contributed by atoms with Crippen LogP contribution in [0.3, 0.4) is 0 Å². The van der Waals surface area contributed by atoms with Crippen molar-refractivity contribution in [3.63, 3.8) is 0 Å². The lowest BCUT2D eigenvalue weighted by Crippen LogP contribution is -2.16. The Labute approximate surface area is 117 Å². The first kappa shape index (κ1) is 16.6. The van der Waals surface area contributed by atoms with E-state index in [0.717, 1.165) is 16.3 Å². The van der Waals surface area contributed by atoms with Crippen molar-refractivity contribution >= 4 is 47.4 Å². The van der Waals surface area contributed by atoms with Gasteiger partial charge in [-0.2, -0.15) is 0 Å². The van der Waals surface area contributed by atoms with E-state index in [1.54, 1.807) is 17.8 Å².